The van der Waals surface area contributed by atoms with Crippen molar-refractivity contribution in [1.82, 2.24) is 0 Å². The summed E-state index contributed by atoms with van der Waals surface area (Å²) in [6.45, 7) is 8.06. The summed E-state index contributed by atoms with van der Waals surface area (Å²) in [5.41, 5.74) is 0.797. The van der Waals surface area contributed by atoms with Crippen LogP contribution < -0.4 is 0 Å². The molecule has 1 unspecified atom stereocenters. The van der Waals surface area contributed by atoms with Gasteiger partial charge in [-0.1, -0.05) is 74.2 Å². The molecule has 2 aromatic carbocycles. The number of hydrogen-bond acceptors (Lipinski definition) is 5. The van der Waals surface area contributed by atoms with Crippen LogP contribution in [0, 0.1) is 17.3 Å². The van der Waals surface area contributed by atoms with Crippen molar-refractivity contribution < 1.29 is 23.8 Å². The minimum absolute atomic E-state index is 0.000984. The molecule has 2 aromatic rings. The summed E-state index contributed by atoms with van der Waals surface area (Å²) < 4.78 is 19.4. The molecule has 2 aliphatic heterocycles. The number of ether oxygens (including phenoxy) is 3. The van der Waals surface area contributed by atoms with Gasteiger partial charge in [0.2, 0.25) is 0 Å². The third-order valence-corrected chi connectivity index (χ3v) is 8.49. The minimum atomic E-state index is -1.10. The fourth-order valence-electron chi connectivity index (χ4n) is 6.75. The van der Waals surface area contributed by atoms with Gasteiger partial charge in [0, 0.05) is 22.6 Å². The molecule has 2 aliphatic carbocycles. The van der Waals surface area contributed by atoms with Gasteiger partial charge in [0.05, 0.1) is 0 Å². The van der Waals surface area contributed by atoms with E-state index in [1.165, 1.54) is 0 Å². The van der Waals surface area contributed by atoms with Crippen LogP contribution in [-0.2, 0) is 23.8 Å². The van der Waals surface area contributed by atoms with Gasteiger partial charge >= 0.3 is 5.97 Å². The summed E-state index contributed by atoms with van der Waals surface area (Å²) >= 11 is 0. The average Bonchev–Trinajstić information content (AvgIpc) is 3.43. The number of ketones is 1. The molecule has 4 aliphatic rings. The van der Waals surface area contributed by atoms with Crippen LogP contribution in [0.4, 0.5) is 0 Å². The van der Waals surface area contributed by atoms with E-state index in [9.17, 15) is 9.59 Å². The van der Waals surface area contributed by atoms with Crippen molar-refractivity contribution >= 4 is 17.8 Å². The zero-order valence-corrected chi connectivity index (χ0v) is 19.4. The number of esters is 1. The number of carbonyl (C=O) groups excluding carboxylic acids is 2. The summed E-state index contributed by atoms with van der Waals surface area (Å²) in [5.74, 6) is -0.693. The van der Waals surface area contributed by atoms with Crippen molar-refractivity contribution in [3.63, 3.8) is 0 Å². The summed E-state index contributed by atoms with van der Waals surface area (Å²) in [6, 6.07) is 19.6. The molecule has 5 heteroatoms. The van der Waals surface area contributed by atoms with E-state index >= 15 is 0 Å². The first kappa shape index (κ1) is 21.5. The van der Waals surface area contributed by atoms with Gasteiger partial charge in [0.15, 0.2) is 12.1 Å². The zero-order valence-electron chi connectivity index (χ0n) is 19.4. The Morgan fingerprint density at radius 2 is 1.68 bits per heavy atom. The number of carbonyl (C=O) groups is 2. The van der Waals surface area contributed by atoms with E-state index in [4.69, 9.17) is 14.2 Å². The van der Waals surface area contributed by atoms with E-state index in [0.717, 1.165) is 24.0 Å². The Bertz CT molecular complexity index is 1200. The highest BCUT2D eigenvalue weighted by molar-refractivity contribution is 6.09. The van der Waals surface area contributed by atoms with E-state index in [2.05, 4.69) is 13.5 Å². The van der Waals surface area contributed by atoms with Crippen molar-refractivity contribution in [1.29, 1.82) is 0 Å². The Morgan fingerprint density at radius 1 is 1.00 bits per heavy atom. The largest absolute Gasteiger partial charge is 0.457 e. The first-order valence-electron chi connectivity index (χ1n) is 12.0. The third kappa shape index (κ3) is 2.68. The van der Waals surface area contributed by atoms with Crippen molar-refractivity contribution in [2.24, 2.45) is 17.3 Å². The summed E-state index contributed by atoms with van der Waals surface area (Å²) in [7, 11) is 0. The Labute approximate surface area is 199 Å². The average molecular weight is 457 g/mol. The van der Waals surface area contributed by atoms with E-state index < -0.39 is 35.5 Å². The highest BCUT2D eigenvalue weighted by atomic mass is 16.7. The molecule has 0 amide bonds. The van der Waals surface area contributed by atoms with Crippen LogP contribution in [0.2, 0.25) is 0 Å². The standard InChI is InChI=1S/C29H28O5/c1-17-14-15-21-18(2)26(31)32-24(21)28(3)23(30)22(16-19-10-6-4-7-11-19)25-29(17,28)34-27(33-25)20-12-8-5-9-13-20/h4-13,16-17,21,24-25,27H,2,14-15H2,1,3H3/b22-16-/t17-,21-,24+,25-,27?,28-,29-/m0/s1. The molecular weight excluding hydrogens is 428 g/mol. The SMILES string of the molecule is C=C1C(=O)O[C@@H]2[C@H]1CC[C@H](C)[C@]13OC(c4ccccc4)O[C@H]1/C(=C\c1ccccc1)C(=O)[C@@]23C. The van der Waals surface area contributed by atoms with Gasteiger partial charge in [-0.05, 0) is 37.3 Å². The van der Waals surface area contributed by atoms with Gasteiger partial charge in [-0.2, -0.15) is 0 Å². The molecule has 0 aromatic heterocycles. The molecular formula is C29H28O5. The fourth-order valence-corrected chi connectivity index (χ4v) is 6.75. The van der Waals surface area contributed by atoms with Crippen LogP contribution in [0.3, 0.4) is 0 Å². The maximum absolute atomic E-state index is 14.3. The predicted octanol–water partition coefficient (Wildman–Crippen LogP) is 5.04. The first-order valence-corrected chi connectivity index (χ1v) is 12.0. The van der Waals surface area contributed by atoms with E-state index in [-0.39, 0.29) is 17.6 Å². The number of benzene rings is 2. The summed E-state index contributed by atoms with van der Waals surface area (Å²) in [4.78, 5) is 26.9. The Balaban J connectivity index is 1.56. The second kappa shape index (κ2) is 7.49. The van der Waals surface area contributed by atoms with Crippen LogP contribution >= 0.6 is 0 Å². The van der Waals surface area contributed by atoms with Gasteiger partial charge in [-0.15, -0.1) is 0 Å². The monoisotopic (exact) mass is 456 g/mol. The summed E-state index contributed by atoms with van der Waals surface area (Å²) in [6.07, 6.45) is 1.60. The molecule has 2 heterocycles. The molecule has 6 rings (SSSR count). The highest BCUT2D eigenvalue weighted by Crippen LogP contribution is 2.66. The molecule has 5 nitrogen and oxygen atoms in total. The molecule has 1 spiro atoms. The second-order valence-electron chi connectivity index (χ2n) is 10.1. The highest BCUT2D eigenvalue weighted by Gasteiger charge is 2.78. The quantitative estimate of drug-likeness (QED) is 0.468. The van der Waals surface area contributed by atoms with E-state index in [1.54, 1.807) is 0 Å². The van der Waals surface area contributed by atoms with E-state index in [1.807, 2.05) is 73.7 Å². The molecule has 7 atom stereocenters. The lowest BCUT2D eigenvalue weighted by atomic mass is 9.64. The van der Waals surface area contributed by atoms with Crippen LogP contribution in [0.1, 0.15) is 44.1 Å². The van der Waals surface area contributed by atoms with Crippen molar-refractivity contribution in [3.8, 4) is 0 Å². The molecule has 4 fully saturated rings. The molecule has 0 N–H and O–H groups in total. The van der Waals surface area contributed by atoms with E-state index in [0.29, 0.717) is 11.1 Å². The minimum Gasteiger partial charge on any atom is -0.457 e. The van der Waals surface area contributed by atoms with Gasteiger partial charge < -0.3 is 14.2 Å². The molecule has 34 heavy (non-hydrogen) atoms. The van der Waals surface area contributed by atoms with Crippen molar-refractivity contribution in [2.75, 3.05) is 0 Å². The van der Waals surface area contributed by atoms with Gasteiger partial charge in [-0.3, -0.25) is 4.79 Å². The molecule has 174 valence electrons. The fraction of sp³-hybridized carbons (Fsp3) is 0.379. The number of fused-ring (bicyclic) bond motifs is 2. The lowest BCUT2D eigenvalue weighted by molar-refractivity contribution is -0.191. The van der Waals surface area contributed by atoms with Crippen LogP contribution in [0.15, 0.2) is 78.4 Å². The van der Waals surface area contributed by atoms with Crippen LogP contribution in [-0.4, -0.2) is 29.6 Å². The van der Waals surface area contributed by atoms with Crippen LogP contribution in [0.5, 0.6) is 0 Å². The smallest absolute Gasteiger partial charge is 0.334 e. The molecule has 0 radical (unpaired) electrons. The predicted molar refractivity (Wildman–Crippen MR) is 126 cm³/mol. The van der Waals surface area contributed by atoms with Crippen molar-refractivity contribution in [3.05, 3.63) is 89.5 Å². The van der Waals surface area contributed by atoms with Gasteiger partial charge in [-0.25, -0.2) is 4.79 Å². The Kier molecular flexibility index (Phi) is 4.74. The zero-order chi connectivity index (χ0) is 23.7. The normalized spacial score (nSPS) is 40.0. The Morgan fingerprint density at radius 3 is 2.38 bits per heavy atom. The summed E-state index contributed by atoms with van der Waals surface area (Å²) in [5, 5.41) is 0. The third-order valence-electron chi connectivity index (χ3n) is 8.49. The van der Waals surface area contributed by atoms with Gasteiger partial charge in [0.25, 0.3) is 0 Å². The topological polar surface area (TPSA) is 61.8 Å². The maximum Gasteiger partial charge on any atom is 0.334 e. The maximum atomic E-state index is 14.3. The second-order valence-corrected chi connectivity index (χ2v) is 10.1. The lowest BCUT2D eigenvalue weighted by Gasteiger charge is -2.45. The van der Waals surface area contributed by atoms with Crippen molar-refractivity contribution in [2.45, 2.75) is 50.8 Å². The van der Waals surface area contributed by atoms with Crippen LogP contribution in [0.25, 0.3) is 6.08 Å². The molecule has 2 saturated carbocycles. The number of Topliss-reactive ketones (excluding diaryl/α,β-unsaturated/α-hetero) is 1. The molecule has 2 saturated heterocycles. The Hall–Kier alpha value is -3.02. The number of rotatable bonds is 2. The lowest BCUT2D eigenvalue weighted by Crippen LogP contribution is -2.59. The van der Waals surface area contributed by atoms with Gasteiger partial charge in [0.1, 0.15) is 23.2 Å². The molecule has 0 bridgehead atoms. The number of hydrogen-bond donors (Lipinski definition) is 0. The first-order chi connectivity index (χ1) is 16.4.